The fourth-order valence-corrected chi connectivity index (χ4v) is 5.43. The lowest BCUT2D eigenvalue weighted by Crippen LogP contribution is -2.53. The third kappa shape index (κ3) is 8.19. The molecule has 6 heteroatoms. The monoisotopic (exact) mass is 576 g/mol. The molecule has 1 aliphatic rings. The van der Waals surface area contributed by atoms with E-state index in [4.69, 9.17) is 4.74 Å². The van der Waals surface area contributed by atoms with Crippen LogP contribution in [0.5, 0.6) is 5.75 Å². The first-order valence-electron chi connectivity index (χ1n) is 13.6. The first-order valence-corrected chi connectivity index (χ1v) is 14.4. The maximum absolute atomic E-state index is 13.8. The molecular formula is C32H37BrN2O3. The Bertz CT molecular complexity index is 1180. The van der Waals surface area contributed by atoms with Crippen LogP contribution in [-0.4, -0.2) is 35.4 Å². The molecule has 200 valence electrons. The van der Waals surface area contributed by atoms with E-state index in [1.807, 2.05) is 78.9 Å². The van der Waals surface area contributed by atoms with Crippen molar-refractivity contribution in [3.05, 3.63) is 100 Å². The minimum absolute atomic E-state index is 0.101. The van der Waals surface area contributed by atoms with E-state index in [9.17, 15) is 9.59 Å². The van der Waals surface area contributed by atoms with Gasteiger partial charge in [0.25, 0.3) is 5.91 Å². The number of ether oxygens (including phenoxy) is 1. The van der Waals surface area contributed by atoms with Crippen LogP contribution in [0.4, 0.5) is 0 Å². The molecule has 3 aromatic carbocycles. The molecule has 5 nitrogen and oxygen atoms in total. The molecule has 1 atom stereocenters. The van der Waals surface area contributed by atoms with Crippen molar-refractivity contribution in [3.63, 3.8) is 0 Å². The van der Waals surface area contributed by atoms with Crippen LogP contribution in [0.25, 0.3) is 0 Å². The number of nitrogens with one attached hydrogen (secondary N) is 1. The van der Waals surface area contributed by atoms with E-state index in [0.717, 1.165) is 47.7 Å². The van der Waals surface area contributed by atoms with Crippen LogP contribution >= 0.6 is 15.9 Å². The second-order valence-corrected chi connectivity index (χ2v) is 10.9. The maximum atomic E-state index is 13.8. The lowest BCUT2D eigenvalue weighted by Gasteiger charge is -2.33. The van der Waals surface area contributed by atoms with Crippen molar-refractivity contribution in [3.8, 4) is 5.75 Å². The summed E-state index contributed by atoms with van der Waals surface area (Å²) in [5.74, 6) is 0.324. The van der Waals surface area contributed by atoms with E-state index in [-0.39, 0.29) is 24.5 Å². The number of carbonyl (C=O) groups is 2. The minimum atomic E-state index is -0.656. The Hall–Kier alpha value is -3.12. The Morgan fingerprint density at radius 1 is 0.921 bits per heavy atom. The summed E-state index contributed by atoms with van der Waals surface area (Å²) < 4.78 is 6.84. The molecule has 0 aromatic heterocycles. The first kappa shape index (κ1) is 27.9. The van der Waals surface area contributed by atoms with Crippen molar-refractivity contribution in [1.82, 2.24) is 10.2 Å². The van der Waals surface area contributed by atoms with Gasteiger partial charge in [-0.2, -0.15) is 0 Å². The van der Waals surface area contributed by atoms with Crippen molar-refractivity contribution in [1.29, 1.82) is 0 Å². The normalized spacial score (nSPS) is 14.5. The second kappa shape index (κ2) is 14.1. The van der Waals surface area contributed by atoms with Crippen molar-refractivity contribution in [2.45, 2.75) is 70.5 Å². The molecule has 38 heavy (non-hydrogen) atoms. The second-order valence-electron chi connectivity index (χ2n) is 9.99. The average molecular weight is 578 g/mol. The fourth-order valence-electron chi connectivity index (χ4n) is 4.98. The van der Waals surface area contributed by atoms with E-state index in [1.165, 1.54) is 12.0 Å². The molecular weight excluding hydrogens is 540 g/mol. The van der Waals surface area contributed by atoms with E-state index in [2.05, 4.69) is 28.2 Å². The van der Waals surface area contributed by atoms with E-state index < -0.39 is 6.04 Å². The summed E-state index contributed by atoms with van der Waals surface area (Å²) >= 11 is 3.54. The largest absolute Gasteiger partial charge is 0.484 e. The van der Waals surface area contributed by atoms with Gasteiger partial charge in [-0.15, -0.1) is 0 Å². The van der Waals surface area contributed by atoms with Crippen LogP contribution in [0.2, 0.25) is 0 Å². The highest BCUT2D eigenvalue weighted by atomic mass is 79.9. The molecule has 1 saturated carbocycles. The van der Waals surface area contributed by atoms with Crippen molar-refractivity contribution >= 4 is 27.7 Å². The zero-order valence-electron chi connectivity index (χ0n) is 22.1. The van der Waals surface area contributed by atoms with Crippen LogP contribution in [0.1, 0.15) is 55.7 Å². The van der Waals surface area contributed by atoms with Crippen LogP contribution in [0.3, 0.4) is 0 Å². The maximum Gasteiger partial charge on any atom is 0.261 e. The van der Waals surface area contributed by atoms with Gasteiger partial charge in [0.05, 0.1) is 0 Å². The summed E-state index contributed by atoms with van der Waals surface area (Å²) in [5, 5.41) is 3.28. The molecule has 4 rings (SSSR count). The molecule has 3 aromatic rings. The van der Waals surface area contributed by atoms with Crippen molar-refractivity contribution in [2.24, 2.45) is 0 Å². The number of hydrogen-bond acceptors (Lipinski definition) is 3. The number of halogens is 1. The predicted octanol–water partition coefficient (Wildman–Crippen LogP) is 6.48. The SMILES string of the molecule is CCc1ccc(OCC(=O)N(Cc2cccc(Br)c2)C(Cc2ccccc2)C(=O)NC2CCCCC2)cc1. The molecule has 0 spiro atoms. The Labute approximate surface area is 234 Å². The number of nitrogens with zero attached hydrogens (tertiary/aromatic N) is 1. The quantitative estimate of drug-likeness (QED) is 0.284. The lowest BCUT2D eigenvalue weighted by atomic mass is 9.94. The highest BCUT2D eigenvalue weighted by Crippen LogP contribution is 2.21. The Morgan fingerprint density at radius 3 is 2.32 bits per heavy atom. The van der Waals surface area contributed by atoms with Gasteiger partial charge in [0, 0.05) is 23.5 Å². The number of aryl methyl sites for hydroxylation is 1. The highest BCUT2D eigenvalue weighted by Gasteiger charge is 2.32. The standard InChI is InChI=1S/C32H37BrN2O3/c1-2-24-16-18-29(19-17-24)38-23-31(36)35(22-26-12-9-13-27(33)20-26)30(21-25-10-5-3-6-11-25)32(37)34-28-14-7-4-8-15-28/h3,5-6,9-13,16-20,28,30H,2,4,7-8,14-15,21-23H2,1H3,(H,34,37). The van der Waals surface area contributed by atoms with Crippen LogP contribution in [0, 0.1) is 0 Å². The minimum Gasteiger partial charge on any atom is -0.484 e. The predicted molar refractivity (Wildman–Crippen MR) is 155 cm³/mol. The zero-order chi connectivity index (χ0) is 26.7. The number of hydrogen-bond donors (Lipinski definition) is 1. The first-order chi connectivity index (χ1) is 18.5. The summed E-state index contributed by atoms with van der Waals surface area (Å²) in [5.41, 5.74) is 3.17. The van der Waals surface area contributed by atoms with Gasteiger partial charge >= 0.3 is 0 Å². The van der Waals surface area contributed by atoms with Gasteiger partial charge in [0.15, 0.2) is 6.61 Å². The summed E-state index contributed by atoms with van der Waals surface area (Å²) in [7, 11) is 0. The summed E-state index contributed by atoms with van der Waals surface area (Å²) in [6.07, 6.45) is 6.81. The van der Waals surface area contributed by atoms with Gasteiger partial charge in [0.1, 0.15) is 11.8 Å². The molecule has 0 heterocycles. The summed E-state index contributed by atoms with van der Waals surface area (Å²) in [6.45, 7) is 2.28. The molecule has 0 bridgehead atoms. The van der Waals surface area contributed by atoms with Crippen molar-refractivity contribution < 1.29 is 14.3 Å². The molecule has 0 radical (unpaired) electrons. The lowest BCUT2D eigenvalue weighted by molar-refractivity contribution is -0.143. The van der Waals surface area contributed by atoms with Gasteiger partial charge in [-0.1, -0.05) is 96.7 Å². The van der Waals surface area contributed by atoms with Crippen molar-refractivity contribution in [2.75, 3.05) is 6.61 Å². The zero-order valence-corrected chi connectivity index (χ0v) is 23.7. The van der Waals surface area contributed by atoms with E-state index in [1.54, 1.807) is 4.90 Å². The summed E-state index contributed by atoms with van der Waals surface area (Å²) in [4.78, 5) is 29.3. The van der Waals surface area contributed by atoms with Gasteiger partial charge in [0.2, 0.25) is 5.91 Å². The van der Waals surface area contributed by atoms with Gasteiger partial charge < -0.3 is 15.0 Å². The molecule has 2 amide bonds. The highest BCUT2D eigenvalue weighted by molar-refractivity contribution is 9.10. The number of benzene rings is 3. The van der Waals surface area contributed by atoms with E-state index >= 15 is 0 Å². The van der Waals surface area contributed by atoms with Crippen LogP contribution < -0.4 is 10.1 Å². The molecule has 0 saturated heterocycles. The fraction of sp³-hybridized carbons (Fsp3) is 0.375. The molecule has 1 unspecified atom stereocenters. The molecule has 1 aliphatic carbocycles. The third-order valence-electron chi connectivity index (χ3n) is 7.16. The number of rotatable bonds is 11. The topological polar surface area (TPSA) is 58.6 Å². The van der Waals surface area contributed by atoms with Crippen LogP contribution in [-0.2, 0) is 29.0 Å². The van der Waals surface area contributed by atoms with Crippen LogP contribution in [0.15, 0.2) is 83.3 Å². The Morgan fingerprint density at radius 2 is 1.63 bits per heavy atom. The molecule has 1 fully saturated rings. The Kier molecular flexibility index (Phi) is 10.4. The van der Waals surface area contributed by atoms with E-state index in [0.29, 0.717) is 18.7 Å². The third-order valence-corrected chi connectivity index (χ3v) is 7.65. The number of amides is 2. The van der Waals surface area contributed by atoms with Gasteiger partial charge in [-0.3, -0.25) is 9.59 Å². The Balaban J connectivity index is 1.59. The average Bonchev–Trinajstić information content (AvgIpc) is 2.95. The number of carbonyl (C=O) groups excluding carboxylic acids is 2. The smallest absolute Gasteiger partial charge is 0.261 e. The summed E-state index contributed by atoms with van der Waals surface area (Å²) in [6, 6.07) is 25.1. The van der Waals surface area contributed by atoms with Gasteiger partial charge in [-0.25, -0.2) is 0 Å². The van der Waals surface area contributed by atoms with Gasteiger partial charge in [-0.05, 0) is 60.2 Å². The molecule has 1 N–H and O–H groups in total. The molecule has 0 aliphatic heterocycles.